The van der Waals surface area contributed by atoms with Crippen molar-refractivity contribution in [3.63, 3.8) is 0 Å². The van der Waals surface area contributed by atoms with Gasteiger partial charge in [0, 0.05) is 5.70 Å². The minimum Gasteiger partial charge on any atom is -0.402 e. The summed E-state index contributed by atoms with van der Waals surface area (Å²) in [5.41, 5.74) is 6.93. The molecule has 1 nitrogen and oxygen atoms in total. The summed E-state index contributed by atoms with van der Waals surface area (Å²) < 4.78 is 0. The van der Waals surface area contributed by atoms with Crippen molar-refractivity contribution in [2.24, 2.45) is 17.1 Å². The van der Waals surface area contributed by atoms with Gasteiger partial charge in [0.25, 0.3) is 0 Å². The fourth-order valence-electron chi connectivity index (χ4n) is 1.54. The molecule has 0 aromatic heterocycles. The van der Waals surface area contributed by atoms with Gasteiger partial charge in [-0.15, -0.1) is 0 Å². The SMILES string of the molecule is C=C(N)C1CC(C)(C)C1. The van der Waals surface area contributed by atoms with Gasteiger partial charge < -0.3 is 5.73 Å². The zero-order chi connectivity index (χ0) is 7.07. The van der Waals surface area contributed by atoms with Crippen LogP contribution < -0.4 is 5.73 Å². The second-order valence-electron chi connectivity index (χ2n) is 3.84. The van der Waals surface area contributed by atoms with Gasteiger partial charge in [-0.2, -0.15) is 0 Å². The van der Waals surface area contributed by atoms with Gasteiger partial charge >= 0.3 is 0 Å². The van der Waals surface area contributed by atoms with Crippen molar-refractivity contribution in [2.45, 2.75) is 26.7 Å². The first kappa shape index (κ1) is 6.66. The van der Waals surface area contributed by atoms with E-state index in [4.69, 9.17) is 5.73 Å². The molecule has 0 bridgehead atoms. The molecule has 52 valence electrons. The van der Waals surface area contributed by atoms with Crippen LogP contribution in [0.4, 0.5) is 0 Å². The van der Waals surface area contributed by atoms with E-state index in [0.717, 1.165) is 5.70 Å². The van der Waals surface area contributed by atoms with Crippen molar-refractivity contribution in [1.29, 1.82) is 0 Å². The highest BCUT2D eigenvalue weighted by Gasteiger charge is 2.36. The van der Waals surface area contributed by atoms with Gasteiger partial charge in [-0.05, 0) is 24.2 Å². The van der Waals surface area contributed by atoms with E-state index in [1.165, 1.54) is 12.8 Å². The highest BCUT2D eigenvalue weighted by molar-refractivity contribution is 5.04. The molecule has 0 atom stereocenters. The van der Waals surface area contributed by atoms with Gasteiger partial charge in [-0.1, -0.05) is 20.4 Å². The highest BCUT2D eigenvalue weighted by Crippen LogP contribution is 2.46. The van der Waals surface area contributed by atoms with Crippen LogP contribution in [0, 0.1) is 11.3 Å². The molecule has 0 aromatic carbocycles. The third-order valence-electron chi connectivity index (χ3n) is 2.12. The minimum absolute atomic E-state index is 0.535. The topological polar surface area (TPSA) is 26.0 Å². The van der Waals surface area contributed by atoms with E-state index >= 15 is 0 Å². The first-order valence-corrected chi connectivity index (χ1v) is 3.45. The zero-order valence-corrected chi connectivity index (χ0v) is 6.28. The number of hydrogen-bond acceptors (Lipinski definition) is 1. The van der Waals surface area contributed by atoms with Crippen molar-refractivity contribution in [3.8, 4) is 0 Å². The van der Waals surface area contributed by atoms with E-state index in [9.17, 15) is 0 Å². The predicted octanol–water partition coefficient (Wildman–Crippen LogP) is 1.90. The average molecular weight is 125 g/mol. The molecule has 1 rings (SSSR count). The van der Waals surface area contributed by atoms with Crippen LogP contribution in [0.2, 0.25) is 0 Å². The van der Waals surface area contributed by atoms with Crippen LogP contribution in [-0.2, 0) is 0 Å². The molecule has 0 saturated heterocycles. The molecular weight excluding hydrogens is 110 g/mol. The molecule has 1 aliphatic rings. The number of hydrogen-bond donors (Lipinski definition) is 1. The van der Waals surface area contributed by atoms with Crippen LogP contribution >= 0.6 is 0 Å². The highest BCUT2D eigenvalue weighted by atomic mass is 14.6. The van der Waals surface area contributed by atoms with Gasteiger partial charge in [-0.25, -0.2) is 0 Å². The van der Waals surface area contributed by atoms with Crippen molar-refractivity contribution in [2.75, 3.05) is 0 Å². The minimum atomic E-state index is 0.535. The maximum absolute atomic E-state index is 5.52. The lowest BCUT2D eigenvalue weighted by Crippen LogP contribution is -2.34. The summed E-state index contributed by atoms with van der Waals surface area (Å²) in [6.07, 6.45) is 2.45. The van der Waals surface area contributed by atoms with Crippen LogP contribution in [0.25, 0.3) is 0 Å². The Kier molecular flexibility index (Phi) is 1.30. The monoisotopic (exact) mass is 125 g/mol. The summed E-state index contributed by atoms with van der Waals surface area (Å²) in [6, 6.07) is 0. The fourth-order valence-corrected chi connectivity index (χ4v) is 1.54. The third kappa shape index (κ3) is 1.26. The van der Waals surface area contributed by atoms with E-state index < -0.39 is 0 Å². The van der Waals surface area contributed by atoms with Crippen molar-refractivity contribution < 1.29 is 0 Å². The van der Waals surface area contributed by atoms with Gasteiger partial charge in [0.1, 0.15) is 0 Å². The Balaban J connectivity index is 2.35. The Morgan fingerprint density at radius 2 is 2.00 bits per heavy atom. The van der Waals surface area contributed by atoms with Gasteiger partial charge in [0.05, 0.1) is 0 Å². The average Bonchev–Trinajstić information content (AvgIpc) is 1.59. The quantitative estimate of drug-likeness (QED) is 0.569. The molecule has 1 saturated carbocycles. The normalized spacial score (nSPS) is 25.1. The molecule has 0 unspecified atom stereocenters. The maximum Gasteiger partial charge on any atom is 0.00394 e. The van der Waals surface area contributed by atoms with Crippen molar-refractivity contribution in [3.05, 3.63) is 12.3 Å². The van der Waals surface area contributed by atoms with E-state index in [1.807, 2.05) is 0 Å². The molecule has 0 aromatic rings. The Morgan fingerprint density at radius 3 is 2.11 bits per heavy atom. The van der Waals surface area contributed by atoms with Crippen LogP contribution in [-0.4, -0.2) is 0 Å². The molecule has 0 heterocycles. The standard InChI is InChI=1S/C8H15N/c1-6(9)7-4-8(2,3)5-7/h7H,1,4-5,9H2,2-3H3. The summed E-state index contributed by atoms with van der Waals surface area (Å²) in [6.45, 7) is 8.26. The number of rotatable bonds is 1. The summed E-state index contributed by atoms with van der Waals surface area (Å²) in [7, 11) is 0. The molecule has 0 spiro atoms. The van der Waals surface area contributed by atoms with Gasteiger partial charge in [-0.3, -0.25) is 0 Å². The number of nitrogens with two attached hydrogens (primary N) is 1. The Bertz CT molecular complexity index is 128. The molecule has 1 aliphatic carbocycles. The lowest BCUT2D eigenvalue weighted by atomic mass is 9.64. The smallest absolute Gasteiger partial charge is 0.00394 e. The first-order valence-electron chi connectivity index (χ1n) is 3.45. The second-order valence-corrected chi connectivity index (χ2v) is 3.84. The Labute approximate surface area is 56.9 Å². The van der Waals surface area contributed by atoms with Crippen LogP contribution in [0.3, 0.4) is 0 Å². The van der Waals surface area contributed by atoms with Crippen LogP contribution in [0.5, 0.6) is 0 Å². The molecule has 1 fully saturated rings. The molecule has 2 N–H and O–H groups in total. The van der Waals surface area contributed by atoms with Crippen LogP contribution in [0.1, 0.15) is 26.7 Å². The largest absolute Gasteiger partial charge is 0.402 e. The zero-order valence-electron chi connectivity index (χ0n) is 6.28. The molecule has 0 radical (unpaired) electrons. The Hall–Kier alpha value is -0.460. The Morgan fingerprint density at radius 1 is 1.56 bits per heavy atom. The lowest BCUT2D eigenvalue weighted by Gasteiger charge is -2.42. The van der Waals surface area contributed by atoms with Crippen molar-refractivity contribution >= 4 is 0 Å². The maximum atomic E-state index is 5.52. The van der Waals surface area contributed by atoms with Gasteiger partial charge in [0.2, 0.25) is 0 Å². The lowest BCUT2D eigenvalue weighted by molar-refractivity contribution is 0.122. The first-order chi connectivity index (χ1) is 4.01. The fraction of sp³-hybridized carbons (Fsp3) is 0.750. The molecular formula is C8H15N. The van der Waals surface area contributed by atoms with Crippen molar-refractivity contribution in [1.82, 2.24) is 0 Å². The van der Waals surface area contributed by atoms with Gasteiger partial charge in [0.15, 0.2) is 0 Å². The van der Waals surface area contributed by atoms with E-state index in [-0.39, 0.29) is 0 Å². The molecule has 1 heteroatoms. The van der Waals surface area contributed by atoms with E-state index in [2.05, 4.69) is 20.4 Å². The third-order valence-corrected chi connectivity index (χ3v) is 2.12. The summed E-state index contributed by atoms with van der Waals surface area (Å²) >= 11 is 0. The molecule has 0 aliphatic heterocycles. The summed E-state index contributed by atoms with van der Waals surface area (Å²) in [5.74, 6) is 0.611. The summed E-state index contributed by atoms with van der Waals surface area (Å²) in [4.78, 5) is 0. The number of allylic oxidation sites excluding steroid dienone is 1. The summed E-state index contributed by atoms with van der Waals surface area (Å²) in [5, 5.41) is 0. The molecule has 9 heavy (non-hydrogen) atoms. The van der Waals surface area contributed by atoms with Crippen LogP contribution in [0.15, 0.2) is 12.3 Å². The predicted molar refractivity (Wildman–Crippen MR) is 39.8 cm³/mol. The van der Waals surface area contributed by atoms with E-state index in [1.54, 1.807) is 0 Å². The second kappa shape index (κ2) is 1.76. The molecule has 0 amide bonds. The van der Waals surface area contributed by atoms with E-state index in [0.29, 0.717) is 11.3 Å².